The Morgan fingerprint density at radius 1 is 1.44 bits per heavy atom. The van der Waals surface area contributed by atoms with Crippen LogP contribution in [0.2, 0.25) is 0 Å². The summed E-state index contributed by atoms with van der Waals surface area (Å²) >= 11 is 2.97. The minimum Gasteiger partial charge on any atom is -0.382 e. The van der Waals surface area contributed by atoms with Crippen molar-refractivity contribution in [1.82, 2.24) is 9.55 Å². The van der Waals surface area contributed by atoms with Crippen LogP contribution < -0.4 is 0 Å². The van der Waals surface area contributed by atoms with Gasteiger partial charge in [-0.25, -0.2) is 13.8 Å². The van der Waals surface area contributed by atoms with Crippen LogP contribution in [0.15, 0.2) is 29.1 Å². The number of hydrogen-bond acceptors (Lipinski definition) is 2. The molecule has 1 N–H and O–H groups in total. The second-order valence-electron chi connectivity index (χ2n) is 3.76. The molecule has 0 saturated heterocycles. The van der Waals surface area contributed by atoms with Crippen molar-refractivity contribution in [3.05, 3.63) is 52.0 Å². The summed E-state index contributed by atoms with van der Waals surface area (Å²) < 4.78 is 29.3. The molecule has 0 aliphatic rings. The smallest absolute Gasteiger partial charge is 0.146 e. The van der Waals surface area contributed by atoms with Gasteiger partial charge in [0.1, 0.15) is 17.7 Å². The summed E-state index contributed by atoms with van der Waals surface area (Å²) in [6, 6.07) is 2.37. The zero-order valence-electron chi connectivity index (χ0n) is 9.57. The van der Waals surface area contributed by atoms with E-state index in [0.717, 1.165) is 6.07 Å². The maximum Gasteiger partial charge on any atom is 0.146 e. The Balaban J connectivity index is 2.52. The summed E-state index contributed by atoms with van der Waals surface area (Å²) in [6.07, 6.45) is 1.52. The molecule has 0 aliphatic carbocycles. The molecule has 0 fully saturated rings. The molecule has 1 aromatic heterocycles. The first kappa shape index (κ1) is 13.2. The molecule has 0 saturated carbocycles. The lowest BCUT2D eigenvalue weighted by molar-refractivity contribution is 0.199. The molecule has 0 bridgehead atoms. The molecule has 0 amide bonds. The molecule has 18 heavy (non-hydrogen) atoms. The fourth-order valence-corrected chi connectivity index (χ4v) is 2.11. The Morgan fingerprint density at radius 3 is 2.83 bits per heavy atom. The second-order valence-corrected chi connectivity index (χ2v) is 4.62. The molecule has 1 aromatic carbocycles. The van der Waals surface area contributed by atoms with Gasteiger partial charge in [-0.2, -0.15) is 0 Å². The van der Waals surface area contributed by atoms with Crippen molar-refractivity contribution in [3.8, 4) is 0 Å². The van der Waals surface area contributed by atoms with Gasteiger partial charge in [-0.15, -0.1) is 0 Å². The Kier molecular flexibility index (Phi) is 3.77. The molecule has 0 radical (unpaired) electrons. The number of benzene rings is 1. The van der Waals surface area contributed by atoms with E-state index in [9.17, 15) is 13.9 Å². The Morgan fingerprint density at radius 2 is 2.17 bits per heavy atom. The summed E-state index contributed by atoms with van der Waals surface area (Å²) in [5.74, 6) is -1.58. The van der Waals surface area contributed by atoms with Gasteiger partial charge in [0.05, 0.1) is 28.3 Å². The SMILES string of the molecule is CCn1cncc1C(O)c1c(F)ccc(Br)c1F. The van der Waals surface area contributed by atoms with Crippen molar-refractivity contribution in [2.45, 2.75) is 19.6 Å². The Hall–Kier alpha value is -1.27. The number of aliphatic hydroxyl groups is 1. The number of aryl methyl sites for hydroxylation is 1. The van der Waals surface area contributed by atoms with Crippen molar-refractivity contribution in [1.29, 1.82) is 0 Å². The first-order valence-electron chi connectivity index (χ1n) is 5.37. The number of aromatic nitrogens is 2. The molecule has 96 valence electrons. The highest BCUT2D eigenvalue weighted by molar-refractivity contribution is 9.10. The minimum atomic E-state index is -1.38. The maximum absolute atomic E-state index is 13.9. The summed E-state index contributed by atoms with van der Waals surface area (Å²) in [4.78, 5) is 3.87. The fraction of sp³-hybridized carbons (Fsp3) is 0.250. The Labute approximate surface area is 111 Å². The summed E-state index contributed by atoms with van der Waals surface area (Å²) in [7, 11) is 0. The molecular weight excluding hydrogens is 306 g/mol. The molecule has 6 heteroatoms. The zero-order chi connectivity index (χ0) is 13.3. The lowest BCUT2D eigenvalue weighted by Gasteiger charge is -2.15. The van der Waals surface area contributed by atoms with Crippen LogP contribution in [-0.4, -0.2) is 14.7 Å². The first-order valence-corrected chi connectivity index (χ1v) is 6.17. The van der Waals surface area contributed by atoms with Crippen LogP contribution in [0, 0.1) is 11.6 Å². The van der Waals surface area contributed by atoms with E-state index in [4.69, 9.17) is 0 Å². The van der Waals surface area contributed by atoms with Crippen LogP contribution in [0.25, 0.3) is 0 Å². The van der Waals surface area contributed by atoms with E-state index in [-0.39, 0.29) is 10.0 Å². The molecule has 2 aromatic rings. The van der Waals surface area contributed by atoms with Crippen molar-refractivity contribution < 1.29 is 13.9 Å². The maximum atomic E-state index is 13.9. The predicted molar refractivity (Wildman–Crippen MR) is 66.0 cm³/mol. The van der Waals surface area contributed by atoms with E-state index in [1.54, 1.807) is 4.57 Å². The van der Waals surface area contributed by atoms with E-state index < -0.39 is 17.7 Å². The topological polar surface area (TPSA) is 38.0 Å². The second kappa shape index (κ2) is 5.16. The largest absolute Gasteiger partial charge is 0.382 e. The van der Waals surface area contributed by atoms with Crippen molar-refractivity contribution in [2.75, 3.05) is 0 Å². The van der Waals surface area contributed by atoms with Crippen molar-refractivity contribution in [2.24, 2.45) is 0 Å². The number of imidazole rings is 1. The van der Waals surface area contributed by atoms with Gasteiger partial charge in [0.15, 0.2) is 0 Å². The van der Waals surface area contributed by atoms with Gasteiger partial charge in [-0.3, -0.25) is 0 Å². The third-order valence-electron chi connectivity index (χ3n) is 2.72. The van der Waals surface area contributed by atoms with Crippen LogP contribution in [-0.2, 0) is 6.54 Å². The average Bonchev–Trinajstić information content (AvgIpc) is 2.82. The van der Waals surface area contributed by atoms with Gasteiger partial charge in [-0.1, -0.05) is 0 Å². The zero-order valence-corrected chi connectivity index (χ0v) is 11.2. The minimum absolute atomic E-state index is 0.112. The van der Waals surface area contributed by atoms with Gasteiger partial charge in [0, 0.05) is 6.54 Å². The molecule has 1 unspecified atom stereocenters. The van der Waals surface area contributed by atoms with Crippen LogP contribution >= 0.6 is 15.9 Å². The van der Waals surface area contributed by atoms with Gasteiger partial charge in [0.25, 0.3) is 0 Å². The molecule has 1 heterocycles. The van der Waals surface area contributed by atoms with E-state index >= 15 is 0 Å². The van der Waals surface area contributed by atoms with Gasteiger partial charge < -0.3 is 9.67 Å². The van der Waals surface area contributed by atoms with Crippen LogP contribution in [0.3, 0.4) is 0 Å². The highest BCUT2D eigenvalue weighted by atomic mass is 79.9. The molecule has 2 rings (SSSR count). The van der Waals surface area contributed by atoms with E-state index in [0.29, 0.717) is 12.2 Å². The monoisotopic (exact) mass is 316 g/mol. The molecular formula is C12H11BrF2N2O. The summed E-state index contributed by atoms with van der Waals surface area (Å²) in [5, 5.41) is 10.1. The number of halogens is 3. The van der Waals surface area contributed by atoms with Gasteiger partial charge in [-0.05, 0) is 35.0 Å². The van der Waals surface area contributed by atoms with E-state index in [2.05, 4.69) is 20.9 Å². The Bertz CT molecular complexity index is 571. The molecule has 1 atom stereocenters. The van der Waals surface area contributed by atoms with Crippen molar-refractivity contribution in [3.63, 3.8) is 0 Å². The van der Waals surface area contributed by atoms with Crippen molar-refractivity contribution >= 4 is 15.9 Å². The predicted octanol–water partition coefficient (Wildman–Crippen LogP) is 3.03. The standard InChI is InChI=1S/C12H11BrF2N2O/c1-2-17-6-16-5-9(17)12(18)10-8(14)4-3-7(13)11(10)15/h3-6,12,18H,2H2,1H3. The van der Waals surface area contributed by atoms with Gasteiger partial charge >= 0.3 is 0 Å². The number of aliphatic hydroxyl groups excluding tert-OH is 1. The third-order valence-corrected chi connectivity index (χ3v) is 3.33. The lowest BCUT2D eigenvalue weighted by atomic mass is 10.1. The highest BCUT2D eigenvalue weighted by Gasteiger charge is 2.23. The number of nitrogens with zero attached hydrogens (tertiary/aromatic N) is 2. The van der Waals surface area contributed by atoms with E-state index in [1.807, 2.05) is 6.92 Å². The third kappa shape index (κ3) is 2.18. The quantitative estimate of drug-likeness (QED) is 0.884. The van der Waals surface area contributed by atoms with E-state index in [1.165, 1.54) is 18.6 Å². The number of rotatable bonds is 3. The normalized spacial score (nSPS) is 12.7. The summed E-state index contributed by atoms with van der Waals surface area (Å²) in [5.41, 5.74) is -0.0204. The van der Waals surface area contributed by atoms with Crippen LogP contribution in [0.1, 0.15) is 24.3 Å². The molecule has 3 nitrogen and oxygen atoms in total. The van der Waals surface area contributed by atoms with Crippen LogP contribution in [0.5, 0.6) is 0 Å². The average molecular weight is 317 g/mol. The number of hydrogen-bond donors (Lipinski definition) is 1. The van der Waals surface area contributed by atoms with Crippen LogP contribution in [0.4, 0.5) is 8.78 Å². The first-order chi connectivity index (χ1) is 8.56. The molecule has 0 spiro atoms. The molecule has 0 aliphatic heterocycles. The van der Waals surface area contributed by atoms with Gasteiger partial charge in [0.2, 0.25) is 0 Å². The highest BCUT2D eigenvalue weighted by Crippen LogP contribution is 2.30. The lowest BCUT2D eigenvalue weighted by Crippen LogP contribution is -2.11. The fourth-order valence-electron chi connectivity index (χ4n) is 1.76. The summed E-state index contributed by atoms with van der Waals surface area (Å²) in [6.45, 7) is 2.41.